The van der Waals surface area contributed by atoms with Crippen LogP contribution < -0.4 is 5.32 Å². The maximum atomic E-state index is 11.5. The van der Waals surface area contributed by atoms with Crippen LogP contribution in [0.3, 0.4) is 0 Å². The van der Waals surface area contributed by atoms with E-state index >= 15 is 0 Å². The first-order chi connectivity index (χ1) is 7.50. The molecule has 1 aromatic rings. The van der Waals surface area contributed by atoms with Crippen molar-refractivity contribution in [3.8, 4) is 0 Å². The lowest BCUT2D eigenvalue weighted by molar-refractivity contribution is -0.115. The molecule has 1 unspecified atom stereocenters. The summed E-state index contributed by atoms with van der Waals surface area (Å²) in [6.07, 6.45) is 0. The lowest BCUT2D eigenvalue weighted by Gasteiger charge is -2.15. The number of carbonyl (C=O) groups is 1. The van der Waals surface area contributed by atoms with Crippen LogP contribution in [-0.2, 0) is 11.3 Å². The second kappa shape index (κ2) is 5.87. The maximum absolute atomic E-state index is 11.5. The van der Waals surface area contributed by atoms with Gasteiger partial charge in [-0.1, -0.05) is 18.2 Å². The molecule has 16 heavy (non-hydrogen) atoms. The number of hydrogen-bond donors (Lipinski definition) is 1. The number of alkyl halides is 1. The smallest absolute Gasteiger partial charge is 0.242 e. The summed E-state index contributed by atoms with van der Waals surface area (Å²) in [5.41, 5.74) is 1.91. The highest BCUT2D eigenvalue weighted by Gasteiger charge is 2.11. The molecular formula is C12H17ClN2O. The Kier molecular flexibility index (Phi) is 4.77. The van der Waals surface area contributed by atoms with E-state index in [0.717, 1.165) is 17.8 Å². The van der Waals surface area contributed by atoms with Crippen LogP contribution in [0, 0.1) is 0 Å². The molecule has 3 nitrogen and oxygen atoms in total. The van der Waals surface area contributed by atoms with Gasteiger partial charge in [0.1, 0.15) is 5.38 Å². The van der Waals surface area contributed by atoms with Gasteiger partial charge in [0, 0.05) is 12.2 Å². The van der Waals surface area contributed by atoms with E-state index in [-0.39, 0.29) is 5.91 Å². The van der Waals surface area contributed by atoms with Crippen molar-refractivity contribution >= 4 is 23.2 Å². The first-order valence-corrected chi connectivity index (χ1v) is 5.62. The van der Waals surface area contributed by atoms with Crippen LogP contribution in [0.1, 0.15) is 12.5 Å². The van der Waals surface area contributed by atoms with E-state index in [1.807, 2.05) is 38.4 Å². The molecule has 0 aromatic heterocycles. The zero-order valence-electron chi connectivity index (χ0n) is 9.83. The number of benzene rings is 1. The number of amides is 1. The third-order valence-corrected chi connectivity index (χ3v) is 2.32. The number of para-hydroxylation sites is 1. The molecule has 0 saturated heterocycles. The Hall–Kier alpha value is -1.06. The number of nitrogens with one attached hydrogen (secondary N) is 1. The Labute approximate surface area is 101 Å². The largest absolute Gasteiger partial charge is 0.325 e. The normalized spacial score (nSPS) is 12.6. The van der Waals surface area contributed by atoms with E-state index in [4.69, 9.17) is 11.6 Å². The summed E-state index contributed by atoms with van der Waals surface area (Å²) in [4.78, 5) is 13.5. The first-order valence-electron chi connectivity index (χ1n) is 5.18. The van der Waals surface area contributed by atoms with Gasteiger partial charge in [-0.3, -0.25) is 4.79 Å². The lowest BCUT2D eigenvalue weighted by atomic mass is 10.1. The highest BCUT2D eigenvalue weighted by molar-refractivity contribution is 6.32. The average Bonchev–Trinajstić information content (AvgIpc) is 2.20. The molecule has 0 aliphatic carbocycles. The zero-order valence-corrected chi connectivity index (χ0v) is 10.6. The Balaban J connectivity index is 2.82. The minimum Gasteiger partial charge on any atom is -0.325 e. The molecule has 0 aliphatic heterocycles. The fourth-order valence-electron chi connectivity index (χ4n) is 1.35. The van der Waals surface area contributed by atoms with Crippen LogP contribution in [0.2, 0.25) is 0 Å². The SMILES string of the molecule is CC(Cl)C(=O)Nc1ccccc1CN(C)C. The van der Waals surface area contributed by atoms with Gasteiger partial charge in [0.25, 0.3) is 0 Å². The predicted octanol–water partition coefficient (Wildman–Crippen LogP) is 2.31. The molecule has 88 valence electrons. The summed E-state index contributed by atoms with van der Waals surface area (Å²) >= 11 is 5.71. The van der Waals surface area contributed by atoms with Gasteiger partial charge >= 0.3 is 0 Å². The van der Waals surface area contributed by atoms with Crippen molar-refractivity contribution < 1.29 is 4.79 Å². The Bertz CT molecular complexity index is 364. The van der Waals surface area contributed by atoms with Gasteiger partial charge in [-0.05, 0) is 32.6 Å². The molecule has 1 atom stereocenters. The summed E-state index contributed by atoms with van der Waals surface area (Å²) in [6.45, 7) is 2.44. The van der Waals surface area contributed by atoms with Gasteiger partial charge in [-0.2, -0.15) is 0 Å². The summed E-state index contributed by atoms with van der Waals surface area (Å²) < 4.78 is 0. The van der Waals surface area contributed by atoms with E-state index in [0.29, 0.717) is 0 Å². The third-order valence-electron chi connectivity index (χ3n) is 2.12. The molecule has 1 amide bonds. The Morgan fingerprint density at radius 2 is 2.06 bits per heavy atom. The van der Waals surface area contributed by atoms with Gasteiger partial charge in [0.15, 0.2) is 0 Å². The molecule has 1 rings (SSSR count). The summed E-state index contributed by atoms with van der Waals surface area (Å²) in [7, 11) is 3.98. The maximum Gasteiger partial charge on any atom is 0.242 e. The molecular weight excluding hydrogens is 224 g/mol. The first kappa shape index (κ1) is 13.0. The van der Waals surface area contributed by atoms with Crippen molar-refractivity contribution in [3.63, 3.8) is 0 Å². The lowest BCUT2D eigenvalue weighted by Crippen LogP contribution is -2.22. The molecule has 0 heterocycles. The standard InChI is InChI=1S/C12H17ClN2O/c1-9(13)12(16)14-11-7-5-4-6-10(11)8-15(2)3/h4-7,9H,8H2,1-3H3,(H,14,16). The van der Waals surface area contributed by atoms with Crippen molar-refractivity contribution in [2.75, 3.05) is 19.4 Å². The van der Waals surface area contributed by atoms with Crippen LogP contribution in [0.4, 0.5) is 5.69 Å². The van der Waals surface area contributed by atoms with E-state index in [2.05, 4.69) is 10.2 Å². The highest BCUT2D eigenvalue weighted by atomic mass is 35.5. The summed E-state index contributed by atoms with van der Waals surface area (Å²) in [5, 5.41) is 2.30. The van der Waals surface area contributed by atoms with Crippen LogP contribution in [0.15, 0.2) is 24.3 Å². The van der Waals surface area contributed by atoms with Crippen LogP contribution in [-0.4, -0.2) is 30.3 Å². The van der Waals surface area contributed by atoms with Crippen LogP contribution in [0.5, 0.6) is 0 Å². The molecule has 4 heteroatoms. The number of rotatable bonds is 4. The second-order valence-corrected chi connectivity index (χ2v) is 4.65. The molecule has 0 spiro atoms. The molecule has 0 radical (unpaired) electrons. The van der Waals surface area contributed by atoms with Crippen molar-refractivity contribution in [3.05, 3.63) is 29.8 Å². The third kappa shape index (κ3) is 3.83. The van der Waals surface area contributed by atoms with Gasteiger partial charge < -0.3 is 10.2 Å². The topological polar surface area (TPSA) is 32.3 Å². The van der Waals surface area contributed by atoms with E-state index < -0.39 is 5.38 Å². The summed E-state index contributed by atoms with van der Waals surface area (Å²) in [6, 6.07) is 7.73. The average molecular weight is 241 g/mol. The molecule has 1 N–H and O–H groups in total. The minimum absolute atomic E-state index is 0.173. The highest BCUT2D eigenvalue weighted by Crippen LogP contribution is 2.17. The fourth-order valence-corrected chi connectivity index (χ4v) is 1.41. The predicted molar refractivity (Wildman–Crippen MR) is 67.8 cm³/mol. The van der Waals surface area contributed by atoms with Gasteiger partial charge in [0.05, 0.1) is 0 Å². The zero-order chi connectivity index (χ0) is 12.1. The molecule has 0 aliphatic rings. The van der Waals surface area contributed by atoms with E-state index in [1.165, 1.54) is 0 Å². The van der Waals surface area contributed by atoms with Crippen LogP contribution in [0.25, 0.3) is 0 Å². The molecule has 0 fully saturated rings. The Morgan fingerprint density at radius 3 is 2.62 bits per heavy atom. The number of nitrogens with zero attached hydrogens (tertiary/aromatic N) is 1. The van der Waals surface area contributed by atoms with Gasteiger partial charge in [-0.15, -0.1) is 11.6 Å². The van der Waals surface area contributed by atoms with Gasteiger partial charge in [-0.25, -0.2) is 0 Å². The van der Waals surface area contributed by atoms with Crippen molar-refractivity contribution in [2.24, 2.45) is 0 Å². The molecule has 1 aromatic carbocycles. The molecule has 0 saturated carbocycles. The van der Waals surface area contributed by atoms with Crippen LogP contribution >= 0.6 is 11.6 Å². The van der Waals surface area contributed by atoms with E-state index in [9.17, 15) is 4.79 Å². The van der Waals surface area contributed by atoms with Crippen molar-refractivity contribution in [1.82, 2.24) is 4.90 Å². The van der Waals surface area contributed by atoms with Crippen molar-refractivity contribution in [2.45, 2.75) is 18.8 Å². The number of halogens is 1. The van der Waals surface area contributed by atoms with E-state index in [1.54, 1.807) is 6.92 Å². The van der Waals surface area contributed by atoms with Crippen molar-refractivity contribution in [1.29, 1.82) is 0 Å². The monoisotopic (exact) mass is 240 g/mol. The fraction of sp³-hybridized carbons (Fsp3) is 0.417. The summed E-state index contributed by atoms with van der Waals surface area (Å²) in [5.74, 6) is -0.173. The number of anilines is 1. The Morgan fingerprint density at radius 1 is 1.44 bits per heavy atom. The minimum atomic E-state index is -0.521. The molecule has 0 bridgehead atoms. The van der Waals surface area contributed by atoms with Gasteiger partial charge in [0.2, 0.25) is 5.91 Å². The second-order valence-electron chi connectivity index (χ2n) is 4.00. The quantitative estimate of drug-likeness (QED) is 0.820. The number of carbonyl (C=O) groups excluding carboxylic acids is 1. The number of hydrogen-bond acceptors (Lipinski definition) is 2.